The second-order valence-corrected chi connectivity index (χ2v) is 4.74. The molecule has 1 aromatic heterocycles. The Morgan fingerprint density at radius 3 is 2.82 bits per heavy atom. The summed E-state index contributed by atoms with van der Waals surface area (Å²) in [4.78, 5) is 0. The van der Waals surface area contributed by atoms with E-state index in [9.17, 15) is 0 Å². The van der Waals surface area contributed by atoms with Crippen molar-refractivity contribution in [3.63, 3.8) is 0 Å². The molecule has 17 heavy (non-hydrogen) atoms. The van der Waals surface area contributed by atoms with E-state index in [2.05, 4.69) is 35.0 Å². The highest BCUT2D eigenvalue weighted by Crippen LogP contribution is 2.30. The Morgan fingerprint density at radius 1 is 1.53 bits per heavy atom. The molecule has 1 fully saturated rings. The van der Waals surface area contributed by atoms with Gasteiger partial charge in [0.05, 0.1) is 17.4 Å². The van der Waals surface area contributed by atoms with E-state index < -0.39 is 0 Å². The van der Waals surface area contributed by atoms with Gasteiger partial charge in [0.25, 0.3) is 0 Å². The third-order valence-electron chi connectivity index (χ3n) is 3.60. The molecule has 0 amide bonds. The lowest BCUT2D eigenvalue weighted by molar-refractivity contribution is 0.0535. The van der Waals surface area contributed by atoms with Gasteiger partial charge in [-0.25, -0.2) is 0 Å². The van der Waals surface area contributed by atoms with Gasteiger partial charge in [-0.15, -0.1) is 0 Å². The lowest BCUT2D eigenvalue weighted by Crippen LogP contribution is -2.31. The van der Waals surface area contributed by atoms with E-state index in [1.54, 1.807) is 0 Å². The molecule has 2 heterocycles. The number of hydrogen-bond donors (Lipinski definition) is 1. The molecule has 1 aliphatic heterocycles. The van der Waals surface area contributed by atoms with Crippen molar-refractivity contribution in [2.24, 2.45) is 5.92 Å². The molecule has 1 N–H and O–H groups in total. The highest BCUT2D eigenvalue weighted by molar-refractivity contribution is 5.14. The van der Waals surface area contributed by atoms with E-state index in [1.807, 2.05) is 7.05 Å². The van der Waals surface area contributed by atoms with Crippen molar-refractivity contribution in [2.45, 2.75) is 39.3 Å². The predicted molar refractivity (Wildman–Crippen MR) is 68.0 cm³/mol. The summed E-state index contributed by atoms with van der Waals surface area (Å²) in [7, 11) is 2.04. The molecule has 1 saturated heterocycles. The topological polar surface area (TPSA) is 39.1 Å². The van der Waals surface area contributed by atoms with Crippen LogP contribution in [0.4, 0.5) is 0 Å². The van der Waals surface area contributed by atoms with Gasteiger partial charge in [-0.2, -0.15) is 5.10 Å². The molecule has 1 atom stereocenters. The Bertz CT molecular complexity index is 356. The molecule has 0 radical (unpaired) electrons. The molecule has 2 rings (SSSR count). The van der Waals surface area contributed by atoms with E-state index in [-0.39, 0.29) is 0 Å². The SMILES string of the molecule is CCn1nc(C)cc1C(NC)C1CCOCC1. The number of aromatic nitrogens is 2. The Kier molecular flexibility index (Phi) is 4.18. The van der Waals surface area contributed by atoms with Gasteiger partial charge in [0.15, 0.2) is 0 Å². The zero-order valence-electron chi connectivity index (χ0n) is 11.1. The van der Waals surface area contributed by atoms with Crippen molar-refractivity contribution in [1.82, 2.24) is 15.1 Å². The fraction of sp³-hybridized carbons (Fsp3) is 0.769. The summed E-state index contributed by atoms with van der Waals surface area (Å²) >= 11 is 0. The van der Waals surface area contributed by atoms with Crippen LogP contribution in [0.1, 0.15) is 37.2 Å². The molecular weight excluding hydrogens is 214 g/mol. The minimum atomic E-state index is 0.403. The first-order chi connectivity index (χ1) is 8.26. The number of ether oxygens (including phenoxy) is 1. The fourth-order valence-electron chi connectivity index (χ4n) is 2.74. The first-order valence-electron chi connectivity index (χ1n) is 6.55. The van der Waals surface area contributed by atoms with Crippen molar-refractivity contribution in [1.29, 1.82) is 0 Å². The van der Waals surface area contributed by atoms with Gasteiger partial charge in [-0.05, 0) is 45.7 Å². The normalized spacial score (nSPS) is 19.5. The average Bonchev–Trinajstić information content (AvgIpc) is 2.73. The van der Waals surface area contributed by atoms with Crippen molar-refractivity contribution >= 4 is 0 Å². The van der Waals surface area contributed by atoms with Crippen LogP contribution in [0.3, 0.4) is 0 Å². The first-order valence-corrected chi connectivity index (χ1v) is 6.55. The summed E-state index contributed by atoms with van der Waals surface area (Å²) in [5.74, 6) is 0.662. The quantitative estimate of drug-likeness (QED) is 0.869. The number of aryl methyl sites for hydroxylation is 2. The lowest BCUT2D eigenvalue weighted by atomic mass is 9.89. The lowest BCUT2D eigenvalue weighted by Gasteiger charge is -2.30. The minimum absolute atomic E-state index is 0.403. The van der Waals surface area contributed by atoms with Crippen LogP contribution in [-0.2, 0) is 11.3 Å². The molecule has 0 aromatic carbocycles. The first kappa shape index (κ1) is 12.6. The van der Waals surface area contributed by atoms with Gasteiger partial charge in [0.2, 0.25) is 0 Å². The van der Waals surface area contributed by atoms with Gasteiger partial charge < -0.3 is 10.1 Å². The van der Waals surface area contributed by atoms with Crippen LogP contribution in [0.2, 0.25) is 0 Å². The van der Waals surface area contributed by atoms with Crippen LogP contribution in [-0.4, -0.2) is 30.0 Å². The largest absolute Gasteiger partial charge is 0.381 e. The predicted octanol–water partition coefficient (Wildman–Crippen LogP) is 1.90. The van der Waals surface area contributed by atoms with Crippen molar-refractivity contribution in [2.75, 3.05) is 20.3 Å². The summed E-state index contributed by atoms with van der Waals surface area (Å²) < 4.78 is 7.56. The summed E-state index contributed by atoms with van der Waals surface area (Å²) in [6.07, 6.45) is 2.28. The number of rotatable bonds is 4. The second-order valence-electron chi connectivity index (χ2n) is 4.74. The summed E-state index contributed by atoms with van der Waals surface area (Å²) in [6, 6.07) is 2.61. The number of nitrogens with zero attached hydrogens (tertiary/aromatic N) is 2. The van der Waals surface area contributed by atoms with Crippen LogP contribution in [0.5, 0.6) is 0 Å². The zero-order valence-corrected chi connectivity index (χ0v) is 11.1. The van der Waals surface area contributed by atoms with Gasteiger partial charge in [0, 0.05) is 19.8 Å². The van der Waals surface area contributed by atoms with Crippen LogP contribution in [0.25, 0.3) is 0 Å². The van der Waals surface area contributed by atoms with E-state index in [0.717, 1.165) is 38.3 Å². The van der Waals surface area contributed by atoms with Crippen LogP contribution >= 0.6 is 0 Å². The molecule has 96 valence electrons. The van der Waals surface area contributed by atoms with Gasteiger partial charge in [-0.3, -0.25) is 4.68 Å². The Balaban J connectivity index is 2.20. The van der Waals surface area contributed by atoms with E-state index in [4.69, 9.17) is 4.74 Å². The molecule has 0 saturated carbocycles. The molecule has 4 heteroatoms. The second kappa shape index (κ2) is 5.65. The summed E-state index contributed by atoms with van der Waals surface area (Å²) in [6.45, 7) is 6.92. The van der Waals surface area contributed by atoms with Crippen LogP contribution in [0.15, 0.2) is 6.07 Å². The van der Waals surface area contributed by atoms with Crippen molar-refractivity contribution < 1.29 is 4.74 Å². The molecule has 0 spiro atoms. The van der Waals surface area contributed by atoms with E-state index in [0.29, 0.717) is 12.0 Å². The van der Waals surface area contributed by atoms with Crippen molar-refractivity contribution in [3.8, 4) is 0 Å². The smallest absolute Gasteiger partial charge is 0.0597 e. The monoisotopic (exact) mass is 237 g/mol. The standard InChI is InChI=1S/C13H23N3O/c1-4-16-12(9-10(2)15-16)13(14-3)11-5-7-17-8-6-11/h9,11,13-14H,4-8H2,1-3H3. The van der Waals surface area contributed by atoms with Gasteiger partial charge in [0.1, 0.15) is 0 Å². The maximum Gasteiger partial charge on any atom is 0.0597 e. The molecule has 1 aromatic rings. The number of hydrogen-bond acceptors (Lipinski definition) is 3. The Morgan fingerprint density at radius 2 is 2.24 bits per heavy atom. The maximum absolute atomic E-state index is 5.44. The average molecular weight is 237 g/mol. The third-order valence-corrected chi connectivity index (χ3v) is 3.60. The molecule has 1 unspecified atom stereocenters. The molecule has 0 bridgehead atoms. The third kappa shape index (κ3) is 2.69. The number of nitrogens with one attached hydrogen (secondary N) is 1. The summed E-state index contributed by atoms with van der Waals surface area (Å²) in [5.41, 5.74) is 2.42. The molecule has 1 aliphatic rings. The highest BCUT2D eigenvalue weighted by Gasteiger charge is 2.26. The Hall–Kier alpha value is -0.870. The fourth-order valence-corrected chi connectivity index (χ4v) is 2.74. The van der Waals surface area contributed by atoms with E-state index in [1.165, 1.54) is 5.69 Å². The van der Waals surface area contributed by atoms with Gasteiger partial charge in [-0.1, -0.05) is 0 Å². The molecular formula is C13H23N3O. The van der Waals surface area contributed by atoms with Crippen LogP contribution < -0.4 is 5.32 Å². The maximum atomic E-state index is 5.44. The molecule has 4 nitrogen and oxygen atoms in total. The minimum Gasteiger partial charge on any atom is -0.381 e. The zero-order chi connectivity index (χ0) is 12.3. The van der Waals surface area contributed by atoms with E-state index >= 15 is 0 Å². The van der Waals surface area contributed by atoms with Gasteiger partial charge >= 0.3 is 0 Å². The Labute approximate surface area is 103 Å². The van der Waals surface area contributed by atoms with Crippen LogP contribution in [0, 0.1) is 12.8 Å². The highest BCUT2D eigenvalue weighted by atomic mass is 16.5. The summed E-state index contributed by atoms with van der Waals surface area (Å²) in [5, 5.41) is 8.00. The van der Waals surface area contributed by atoms with Crippen molar-refractivity contribution in [3.05, 3.63) is 17.5 Å². The molecule has 0 aliphatic carbocycles.